The summed E-state index contributed by atoms with van der Waals surface area (Å²) in [5.74, 6) is 1.07. The molecule has 3 heteroatoms. The van der Waals surface area contributed by atoms with Crippen molar-refractivity contribution in [2.75, 3.05) is 0 Å². The summed E-state index contributed by atoms with van der Waals surface area (Å²) in [5, 5.41) is 4.25. The largest absolute Gasteiger partial charge is 0.489 e. The van der Waals surface area contributed by atoms with Gasteiger partial charge in [-0.2, -0.15) is 0 Å². The molecule has 1 atom stereocenters. The number of hydrogen-bond donors (Lipinski definition) is 0. The van der Waals surface area contributed by atoms with Crippen molar-refractivity contribution >= 4 is 22.7 Å². The molecule has 2 rings (SSSR count). The highest BCUT2D eigenvalue weighted by Gasteiger charge is 2.14. The van der Waals surface area contributed by atoms with E-state index in [9.17, 15) is 0 Å². The maximum Gasteiger partial charge on any atom is 0.139 e. The fourth-order valence-corrected chi connectivity index (χ4v) is 3.83. The number of hydrogen-bond acceptors (Lipinski definition) is 3. The third-order valence-corrected chi connectivity index (χ3v) is 5.20. The molecule has 0 aliphatic heterocycles. The zero-order valence-corrected chi connectivity index (χ0v) is 13.4. The smallest absolute Gasteiger partial charge is 0.139 e. The molecule has 2 aromatic heterocycles. The Labute approximate surface area is 124 Å². The first-order chi connectivity index (χ1) is 9.35. The minimum atomic E-state index is 0.361. The Morgan fingerprint density at radius 3 is 2.68 bits per heavy atom. The fourth-order valence-electron chi connectivity index (χ4n) is 2.13. The zero-order chi connectivity index (χ0) is 13.5. The summed E-state index contributed by atoms with van der Waals surface area (Å²) >= 11 is 3.55. The van der Waals surface area contributed by atoms with Crippen LogP contribution >= 0.6 is 22.7 Å². The zero-order valence-electron chi connectivity index (χ0n) is 11.7. The van der Waals surface area contributed by atoms with Crippen molar-refractivity contribution in [3.63, 3.8) is 0 Å². The molecular formula is C16H22OS2. The first-order valence-electron chi connectivity index (χ1n) is 7.13. The summed E-state index contributed by atoms with van der Waals surface area (Å²) in [6.07, 6.45) is 6.47. The van der Waals surface area contributed by atoms with E-state index in [2.05, 4.69) is 42.8 Å². The van der Waals surface area contributed by atoms with Crippen molar-refractivity contribution in [1.82, 2.24) is 0 Å². The van der Waals surface area contributed by atoms with E-state index < -0.39 is 0 Å². The summed E-state index contributed by atoms with van der Waals surface area (Å²) in [6.45, 7) is 4.46. The Morgan fingerprint density at radius 1 is 1.11 bits per heavy atom. The highest BCUT2D eigenvalue weighted by atomic mass is 32.1. The monoisotopic (exact) mass is 294 g/mol. The fraction of sp³-hybridized carbons (Fsp3) is 0.500. The lowest BCUT2D eigenvalue weighted by Gasteiger charge is -2.17. The Hall–Kier alpha value is -0.800. The van der Waals surface area contributed by atoms with Gasteiger partial charge in [0.05, 0.1) is 11.0 Å². The average molecular weight is 294 g/mol. The number of ether oxygens (including phenoxy) is 1. The Kier molecular flexibility index (Phi) is 5.93. The molecular weight excluding hydrogens is 272 g/mol. The van der Waals surface area contributed by atoms with Crippen LogP contribution in [-0.4, -0.2) is 6.10 Å². The van der Waals surface area contributed by atoms with Crippen LogP contribution in [0.2, 0.25) is 0 Å². The van der Waals surface area contributed by atoms with Gasteiger partial charge in [0, 0.05) is 4.88 Å². The van der Waals surface area contributed by atoms with Gasteiger partial charge < -0.3 is 4.74 Å². The molecule has 2 heterocycles. The second-order valence-corrected chi connectivity index (χ2v) is 6.60. The van der Waals surface area contributed by atoms with Crippen LogP contribution in [0.3, 0.4) is 0 Å². The molecule has 0 aromatic carbocycles. The van der Waals surface area contributed by atoms with Crippen LogP contribution < -0.4 is 4.74 Å². The minimum Gasteiger partial charge on any atom is -0.489 e. The lowest BCUT2D eigenvalue weighted by molar-refractivity contribution is 0.184. The lowest BCUT2D eigenvalue weighted by Crippen LogP contribution is -2.15. The van der Waals surface area contributed by atoms with Gasteiger partial charge >= 0.3 is 0 Å². The Morgan fingerprint density at radius 2 is 2.00 bits per heavy atom. The topological polar surface area (TPSA) is 9.23 Å². The van der Waals surface area contributed by atoms with Crippen molar-refractivity contribution in [1.29, 1.82) is 0 Å². The van der Waals surface area contributed by atoms with E-state index >= 15 is 0 Å². The van der Waals surface area contributed by atoms with Crippen LogP contribution in [-0.2, 0) is 0 Å². The summed E-state index contributed by atoms with van der Waals surface area (Å²) in [7, 11) is 0. The summed E-state index contributed by atoms with van der Waals surface area (Å²) < 4.78 is 6.22. The first kappa shape index (κ1) is 14.6. The Balaban J connectivity index is 2.00. The van der Waals surface area contributed by atoms with E-state index in [0.717, 1.165) is 12.2 Å². The molecule has 0 N–H and O–H groups in total. The maximum absolute atomic E-state index is 6.22. The maximum atomic E-state index is 6.22. The van der Waals surface area contributed by atoms with Crippen LogP contribution in [0.4, 0.5) is 0 Å². The van der Waals surface area contributed by atoms with Gasteiger partial charge in [-0.25, -0.2) is 0 Å². The normalized spacial score (nSPS) is 12.5. The van der Waals surface area contributed by atoms with Crippen LogP contribution in [0.15, 0.2) is 29.0 Å². The van der Waals surface area contributed by atoms with Crippen LogP contribution in [0.5, 0.6) is 5.75 Å². The molecule has 0 spiro atoms. The number of thiophene rings is 2. The van der Waals surface area contributed by atoms with Gasteiger partial charge in [0.2, 0.25) is 0 Å². The average Bonchev–Trinajstić information content (AvgIpc) is 3.08. The SMILES string of the molecule is CCCCCC(CC)Oc1ccsc1-c1cccs1. The van der Waals surface area contributed by atoms with Crippen LogP contribution in [0.25, 0.3) is 9.75 Å². The molecule has 19 heavy (non-hydrogen) atoms. The van der Waals surface area contributed by atoms with Crippen molar-refractivity contribution in [2.45, 2.75) is 52.1 Å². The highest BCUT2D eigenvalue weighted by Crippen LogP contribution is 2.38. The van der Waals surface area contributed by atoms with E-state index in [4.69, 9.17) is 4.74 Å². The van der Waals surface area contributed by atoms with E-state index in [1.54, 1.807) is 22.7 Å². The quantitative estimate of drug-likeness (QED) is 0.525. The van der Waals surface area contributed by atoms with Crippen molar-refractivity contribution in [3.05, 3.63) is 29.0 Å². The van der Waals surface area contributed by atoms with E-state index in [-0.39, 0.29) is 0 Å². The molecule has 0 fully saturated rings. The number of rotatable bonds is 8. The minimum absolute atomic E-state index is 0.361. The molecule has 0 radical (unpaired) electrons. The van der Waals surface area contributed by atoms with Gasteiger partial charge in [-0.15, -0.1) is 22.7 Å². The molecule has 104 valence electrons. The van der Waals surface area contributed by atoms with Crippen LogP contribution in [0, 0.1) is 0 Å². The van der Waals surface area contributed by atoms with E-state index in [1.165, 1.54) is 35.4 Å². The molecule has 1 unspecified atom stereocenters. The standard InChI is InChI=1S/C16H22OS2/c1-3-5-6-8-13(4-2)17-14-10-12-19-16(14)15-9-7-11-18-15/h7,9-13H,3-6,8H2,1-2H3. The Bertz CT molecular complexity index is 459. The molecule has 2 aromatic rings. The van der Waals surface area contributed by atoms with Crippen molar-refractivity contribution < 1.29 is 4.74 Å². The van der Waals surface area contributed by atoms with Crippen LogP contribution in [0.1, 0.15) is 46.0 Å². The predicted octanol–water partition coefficient (Wildman–Crippen LogP) is 6.21. The van der Waals surface area contributed by atoms with E-state index in [1.807, 2.05) is 0 Å². The highest BCUT2D eigenvalue weighted by molar-refractivity contribution is 7.20. The van der Waals surface area contributed by atoms with Crippen molar-refractivity contribution in [3.8, 4) is 15.5 Å². The molecule has 1 nitrogen and oxygen atoms in total. The van der Waals surface area contributed by atoms with Gasteiger partial charge in [0.1, 0.15) is 5.75 Å². The third-order valence-electron chi connectivity index (χ3n) is 3.25. The van der Waals surface area contributed by atoms with Gasteiger partial charge in [-0.3, -0.25) is 0 Å². The summed E-state index contributed by atoms with van der Waals surface area (Å²) in [4.78, 5) is 2.59. The molecule has 0 aliphatic rings. The van der Waals surface area contributed by atoms with E-state index in [0.29, 0.717) is 6.10 Å². The molecule has 0 aliphatic carbocycles. The molecule has 0 saturated heterocycles. The molecule has 0 amide bonds. The molecule has 0 saturated carbocycles. The summed E-state index contributed by atoms with van der Waals surface area (Å²) in [5.41, 5.74) is 0. The second-order valence-electron chi connectivity index (χ2n) is 4.74. The van der Waals surface area contributed by atoms with Gasteiger partial charge in [-0.1, -0.05) is 32.8 Å². The lowest BCUT2D eigenvalue weighted by atomic mass is 10.1. The summed E-state index contributed by atoms with van der Waals surface area (Å²) in [6, 6.07) is 6.38. The van der Waals surface area contributed by atoms with Gasteiger partial charge in [0.25, 0.3) is 0 Å². The first-order valence-corrected chi connectivity index (χ1v) is 8.89. The third kappa shape index (κ3) is 4.08. The van der Waals surface area contributed by atoms with Crippen molar-refractivity contribution in [2.24, 2.45) is 0 Å². The van der Waals surface area contributed by atoms with Gasteiger partial charge in [0.15, 0.2) is 0 Å². The second kappa shape index (κ2) is 7.71. The van der Waals surface area contributed by atoms with Gasteiger partial charge in [-0.05, 0) is 42.2 Å². The number of unbranched alkanes of at least 4 members (excludes halogenated alkanes) is 2. The predicted molar refractivity (Wildman–Crippen MR) is 86.5 cm³/mol. The molecule has 0 bridgehead atoms.